The van der Waals surface area contributed by atoms with Gasteiger partial charge in [0.05, 0.1) is 6.04 Å². The van der Waals surface area contributed by atoms with Gasteiger partial charge in [-0.25, -0.2) is 0 Å². The van der Waals surface area contributed by atoms with Gasteiger partial charge in [-0.1, -0.05) is 36.7 Å². The summed E-state index contributed by atoms with van der Waals surface area (Å²) >= 11 is 6.07. The van der Waals surface area contributed by atoms with Gasteiger partial charge >= 0.3 is 0 Å². The van der Waals surface area contributed by atoms with Crippen molar-refractivity contribution in [3.8, 4) is 11.5 Å². The maximum atomic E-state index is 12.9. The molecule has 2 aromatic carbocycles. The largest absolute Gasteiger partial charge is 0.487 e. The number of aryl methyl sites for hydroxylation is 1. The zero-order valence-corrected chi connectivity index (χ0v) is 17.0. The summed E-state index contributed by atoms with van der Waals surface area (Å²) in [5.74, 6) is 1.34. The second kappa shape index (κ2) is 7.81. The minimum atomic E-state index is -0.566. The molecule has 144 valence electrons. The molecule has 0 spiro atoms. The van der Waals surface area contributed by atoms with Crippen LogP contribution in [0.25, 0.3) is 0 Å². The molecule has 27 heavy (non-hydrogen) atoms. The lowest BCUT2D eigenvalue weighted by atomic mass is 9.89. The zero-order chi connectivity index (χ0) is 19.6. The van der Waals surface area contributed by atoms with Crippen LogP contribution in [-0.4, -0.2) is 17.6 Å². The van der Waals surface area contributed by atoms with Crippen LogP contribution in [0, 0.1) is 6.92 Å². The van der Waals surface area contributed by atoms with Gasteiger partial charge in [0.25, 0.3) is 5.91 Å². The van der Waals surface area contributed by atoms with Gasteiger partial charge in [-0.2, -0.15) is 0 Å². The van der Waals surface area contributed by atoms with Gasteiger partial charge in [0.2, 0.25) is 0 Å². The number of rotatable bonds is 5. The van der Waals surface area contributed by atoms with Gasteiger partial charge in [0.15, 0.2) is 6.10 Å². The summed E-state index contributed by atoms with van der Waals surface area (Å²) in [6, 6.07) is 13.2. The number of carbonyl (C=O) groups excluding carboxylic acids is 1. The van der Waals surface area contributed by atoms with E-state index in [-0.39, 0.29) is 17.6 Å². The van der Waals surface area contributed by atoms with Crippen LogP contribution in [0.1, 0.15) is 50.8 Å². The SMILES string of the molecule is CC[C@H](Oc1ccc(Cl)c(C)c1)C(=O)N[C@@H]1CC(C)(C)Oc2ccccc21. The predicted molar refractivity (Wildman–Crippen MR) is 108 cm³/mol. The maximum absolute atomic E-state index is 12.9. The molecule has 3 rings (SSSR count). The van der Waals surface area contributed by atoms with Gasteiger partial charge < -0.3 is 14.8 Å². The van der Waals surface area contributed by atoms with Crippen LogP contribution < -0.4 is 14.8 Å². The van der Waals surface area contributed by atoms with Crippen molar-refractivity contribution in [3.63, 3.8) is 0 Å². The van der Waals surface area contributed by atoms with E-state index in [1.165, 1.54) is 0 Å². The Morgan fingerprint density at radius 2 is 2.07 bits per heavy atom. The lowest BCUT2D eigenvalue weighted by Gasteiger charge is -2.38. The highest BCUT2D eigenvalue weighted by Crippen LogP contribution is 2.39. The summed E-state index contributed by atoms with van der Waals surface area (Å²) in [5, 5.41) is 3.84. The fraction of sp³-hybridized carbons (Fsp3) is 0.409. The van der Waals surface area contributed by atoms with Crippen LogP contribution in [0.4, 0.5) is 0 Å². The Hall–Kier alpha value is -2.20. The van der Waals surface area contributed by atoms with Crippen molar-refractivity contribution in [3.05, 3.63) is 58.6 Å². The van der Waals surface area contributed by atoms with E-state index in [0.29, 0.717) is 23.6 Å². The van der Waals surface area contributed by atoms with Crippen molar-refractivity contribution in [2.45, 2.75) is 58.3 Å². The summed E-state index contributed by atoms with van der Waals surface area (Å²) in [6.45, 7) is 7.92. The van der Waals surface area contributed by atoms with Crippen molar-refractivity contribution in [1.82, 2.24) is 5.32 Å². The number of carbonyl (C=O) groups is 1. The van der Waals surface area contributed by atoms with E-state index in [1.807, 2.05) is 58.0 Å². The van der Waals surface area contributed by atoms with E-state index < -0.39 is 6.10 Å². The highest BCUT2D eigenvalue weighted by molar-refractivity contribution is 6.31. The van der Waals surface area contributed by atoms with Crippen LogP contribution in [0.3, 0.4) is 0 Å². The molecule has 2 atom stereocenters. The smallest absolute Gasteiger partial charge is 0.261 e. The van der Waals surface area contributed by atoms with E-state index >= 15 is 0 Å². The van der Waals surface area contributed by atoms with Crippen molar-refractivity contribution < 1.29 is 14.3 Å². The molecule has 0 saturated carbocycles. The number of nitrogens with one attached hydrogen (secondary N) is 1. The van der Waals surface area contributed by atoms with Gasteiger partial charge in [0, 0.05) is 17.0 Å². The maximum Gasteiger partial charge on any atom is 0.261 e. The van der Waals surface area contributed by atoms with Gasteiger partial charge in [0.1, 0.15) is 17.1 Å². The molecule has 5 heteroatoms. The highest BCUT2D eigenvalue weighted by atomic mass is 35.5. The molecule has 2 aromatic rings. The standard InChI is InChI=1S/C22H26ClNO3/c1-5-19(26-15-10-11-17(23)14(2)12-15)21(25)24-18-13-22(3,4)27-20-9-7-6-8-16(18)20/h6-12,18-19H,5,13H2,1-4H3,(H,24,25)/t18-,19+/m1/s1. The fourth-order valence-corrected chi connectivity index (χ4v) is 3.49. The quantitative estimate of drug-likeness (QED) is 0.764. The summed E-state index contributed by atoms with van der Waals surface area (Å²) in [4.78, 5) is 12.9. The third-order valence-corrected chi connectivity index (χ3v) is 5.19. The lowest BCUT2D eigenvalue weighted by Crippen LogP contribution is -2.45. The molecule has 0 bridgehead atoms. The Kier molecular flexibility index (Phi) is 5.66. The summed E-state index contributed by atoms with van der Waals surface area (Å²) in [6.07, 6.45) is 0.706. The van der Waals surface area contributed by atoms with Crippen molar-refractivity contribution >= 4 is 17.5 Å². The first kappa shape index (κ1) is 19.6. The summed E-state index contributed by atoms with van der Waals surface area (Å²) in [5.41, 5.74) is 1.58. The molecule has 1 N–H and O–H groups in total. The summed E-state index contributed by atoms with van der Waals surface area (Å²) < 4.78 is 12.0. The first-order chi connectivity index (χ1) is 12.8. The van der Waals surface area contributed by atoms with E-state index in [4.69, 9.17) is 21.1 Å². The molecule has 0 unspecified atom stereocenters. The molecule has 1 aliphatic rings. The monoisotopic (exact) mass is 387 g/mol. The number of fused-ring (bicyclic) bond motifs is 1. The van der Waals surface area contributed by atoms with Gasteiger partial charge in [-0.3, -0.25) is 4.79 Å². The number of amides is 1. The highest BCUT2D eigenvalue weighted by Gasteiger charge is 2.35. The third-order valence-electron chi connectivity index (χ3n) is 4.76. The number of halogens is 1. The molecule has 0 radical (unpaired) electrons. The van der Waals surface area contributed by atoms with Crippen molar-refractivity contribution in [2.24, 2.45) is 0 Å². The first-order valence-corrected chi connectivity index (χ1v) is 9.68. The van der Waals surface area contributed by atoms with E-state index in [9.17, 15) is 4.79 Å². The van der Waals surface area contributed by atoms with Crippen LogP contribution in [0.2, 0.25) is 5.02 Å². The van der Waals surface area contributed by atoms with Crippen LogP contribution >= 0.6 is 11.6 Å². The second-order valence-electron chi connectivity index (χ2n) is 7.59. The first-order valence-electron chi connectivity index (χ1n) is 9.30. The minimum Gasteiger partial charge on any atom is -0.487 e. The Balaban J connectivity index is 1.75. The second-order valence-corrected chi connectivity index (χ2v) is 8.00. The molecule has 4 nitrogen and oxygen atoms in total. The number of hydrogen-bond donors (Lipinski definition) is 1. The van der Waals surface area contributed by atoms with Crippen LogP contribution in [0.15, 0.2) is 42.5 Å². The number of hydrogen-bond acceptors (Lipinski definition) is 3. The molecule has 0 aliphatic carbocycles. The Bertz CT molecular complexity index is 834. The topological polar surface area (TPSA) is 47.6 Å². The Labute approximate surface area is 165 Å². The Morgan fingerprint density at radius 1 is 1.33 bits per heavy atom. The molecular weight excluding hydrogens is 362 g/mol. The summed E-state index contributed by atoms with van der Waals surface area (Å²) in [7, 11) is 0. The average Bonchev–Trinajstić information content (AvgIpc) is 2.61. The minimum absolute atomic E-state index is 0.109. The molecule has 0 aromatic heterocycles. The van der Waals surface area contributed by atoms with Crippen LogP contribution in [-0.2, 0) is 4.79 Å². The molecule has 0 fully saturated rings. The number of benzene rings is 2. The van der Waals surface area contributed by atoms with E-state index in [2.05, 4.69) is 5.32 Å². The van der Waals surface area contributed by atoms with Crippen molar-refractivity contribution in [1.29, 1.82) is 0 Å². The average molecular weight is 388 g/mol. The van der Waals surface area contributed by atoms with E-state index in [0.717, 1.165) is 16.9 Å². The third kappa shape index (κ3) is 4.56. The van der Waals surface area contributed by atoms with Gasteiger partial charge in [-0.05, 0) is 57.0 Å². The van der Waals surface area contributed by atoms with Crippen molar-refractivity contribution in [2.75, 3.05) is 0 Å². The zero-order valence-electron chi connectivity index (χ0n) is 16.2. The predicted octanol–water partition coefficient (Wildman–Crippen LogP) is 5.22. The van der Waals surface area contributed by atoms with E-state index in [1.54, 1.807) is 12.1 Å². The van der Waals surface area contributed by atoms with Gasteiger partial charge in [-0.15, -0.1) is 0 Å². The molecule has 1 aliphatic heterocycles. The molecule has 0 saturated heterocycles. The number of para-hydroxylation sites is 1. The fourth-order valence-electron chi connectivity index (χ4n) is 3.37. The molecule has 1 heterocycles. The molecular formula is C22H26ClNO3. The lowest BCUT2D eigenvalue weighted by molar-refractivity contribution is -0.129. The molecule has 1 amide bonds. The van der Waals surface area contributed by atoms with Crippen LogP contribution in [0.5, 0.6) is 11.5 Å². The normalized spacial score (nSPS) is 18.8. The number of ether oxygens (including phenoxy) is 2. The Morgan fingerprint density at radius 3 is 2.78 bits per heavy atom.